The predicted octanol–water partition coefficient (Wildman–Crippen LogP) is 2.62. The minimum atomic E-state index is -0.334. The second kappa shape index (κ2) is 5.76. The molecule has 1 fully saturated rings. The molecule has 4 nitrogen and oxygen atoms in total. The van der Waals surface area contributed by atoms with Gasteiger partial charge in [0.05, 0.1) is 13.7 Å². The maximum Gasteiger partial charge on any atom is 0.341 e. The van der Waals surface area contributed by atoms with E-state index in [1.165, 1.54) is 20.0 Å². The molecule has 1 aliphatic carbocycles. The maximum atomic E-state index is 11.9. The normalized spacial score (nSPS) is 15.6. The second-order valence-corrected chi connectivity index (χ2v) is 4.71. The molecule has 0 aliphatic heterocycles. The number of esters is 1. The van der Waals surface area contributed by atoms with Gasteiger partial charge < -0.3 is 15.2 Å². The Morgan fingerprint density at radius 1 is 1.39 bits per heavy atom. The van der Waals surface area contributed by atoms with Crippen LogP contribution in [0, 0.1) is 5.92 Å². The Labute approximate surface area is 107 Å². The number of ether oxygens (including phenoxy) is 2. The van der Waals surface area contributed by atoms with Crippen LogP contribution >= 0.6 is 0 Å². The lowest BCUT2D eigenvalue weighted by atomic mass is 10.1. The average molecular weight is 249 g/mol. The highest BCUT2D eigenvalue weighted by Crippen LogP contribution is 2.26. The molecule has 1 saturated carbocycles. The van der Waals surface area contributed by atoms with Crippen molar-refractivity contribution in [3.8, 4) is 5.75 Å². The van der Waals surface area contributed by atoms with Crippen molar-refractivity contribution in [3.05, 3.63) is 23.8 Å². The van der Waals surface area contributed by atoms with Crippen molar-refractivity contribution in [1.29, 1.82) is 0 Å². The van der Waals surface area contributed by atoms with E-state index in [1.807, 2.05) is 0 Å². The standard InChI is InChI=1S/C14H19NO3/c1-17-13-8-11(15)6-7-12(13)14(16)18-9-10-4-2-3-5-10/h6-8,10H,2-5,9,15H2,1H3. The Bertz CT molecular complexity index is 425. The van der Waals surface area contributed by atoms with E-state index in [1.54, 1.807) is 18.2 Å². The minimum Gasteiger partial charge on any atom is -0.496 e. The van der Waals surface area contributed by atoms with E-state index in [-0.39, 0.29) is 5.97 Å². The summed E-state index contributed by atoms with van der Waals surface area (Å²) in [4.78, 5) is 11.9. The summed E-state index contributed by atoms with van der Waals surface area (Å²) in [6, 6.07) is 4.95. The molecule has 0 amide bonds. The molecule has 0 aromatic heterocycles. The zero-order chi connectivity index (χ0) is 13.0. The van der Waals surface area contributed by atoms with Crippen LogP contribution in [-0.4, -0.2) is 19.7 Å². The van der Waals surface area contributed by atoms with E-state index in [0.717, 1.165) is 12.8 Å². The Balaban J connectivity index is 1.99. The van der Waals surface area contributed by atoms with Crippen molar-refractivity contribution in [2.45, 2.75) is 25.7 Å². The first-order valence-corrected chi connectivity index (χ1v) is 6.31. The summed E-state index contributed by atoms with van der Waals surface area (Å²) in [6.07, 6.45) is 4.80. The van der Waals surface area contributed by atoms with Crippen LogP contribution in [0.3, 0.4) is 0 Å². The summed E-state index contributed by atoms with van der Waals surface area (Å²) < 4.78 is 10.5. The number of nitrogen functional groups attached to an aromatic ring is 1. The molecule has 0 radical (unpaired) electrons. The third-order valence-electron chi connectivity index (χ3n) is 3.37. The van der Waals surface area contributed by atoms with E-state index >= 15 is 0 Å². The van der Waals surface area contributed by atoms with Crippen LogP contribution in [0.1, 0.15) is 36.0 Å². The van der Waals surface area contributed by atoms with Gasteiger partial charge in [-0.05, 0) is 30.9 Å². The van der Waals surface area contributed by atoms with Crippen molar-refractivity contribution in [1.82, 2.24) is 0 Å². The smallest absolute Gasteiger partial charge is 0.341 e. The van der Waals surface area contributed by atoms with Crippen LogP contribution in [0.4, 0.5) is 5.69 Å². The molecule has 18 heavy (non-hydrogen) atoms. The largest absolute Gasteiger partial charge is 0.496 e. The number of benzene rings is 1. The lowest BCUT2D eigenvalue weighted by Gasteiger charge is -2.12. The number of nitrogens with two attached hydrogens (primary N) is 1. The van der Waals surface area contributed by atoms with Gasteiger partial charge in [-0.25, -0.2) is 4.79 Å². The molecule has 0 bridgehead atoms. The minimum absolute atomic E-state index is 0.334. The van der Waals surface area contributed by atoms with Crippen LogP contribution in [0.2, 0.25) is 0 Å². The predicted molar refractivity (Wildman–Crippen MR) is 69.6 cm³/mol. The summed E-state index contributed by atoms with van der Waals surface area (Å²) in [5.41, 5.74) is 6.65. The van der Waals surface area contributed by atoms with E-state index in [0.29, 0.717) is 29.5 Å². The van der Waals surface area contributed by atoms with Gasteiger partial charge in [0, 0.05) is 11.8 Å². The lowest BCUT2D eigenvalue weighted by molar-refractivity contribution is 0.0439. The molecular weight excluding hydrogens is 230 g/mol. The SMILES string of the molecule is COc1cc(N)ccc1C(=O)OCC1CCCC1. The summed E-state index contributed by atoms with van der Waals surface area (Å²) in [5, 5.41) is 0. The van der Waals surface area contributed by atoms with E-state index in [2.05, 4.69) is 0 Å². The molecule has 0 saturated heterocycles. The second-order valence-electron chi connectivity index (χ2n) is 4.71. The maximum absolute atomic E-state index is 11.9. The highest BCUT2D eigenvalue weighted by Gasteiger charge is 2.19. The molecule has 2 rings (SSSR count). The molecule has 1 aromatic rings. The molecule has 0 heterocycles. The van der Waals surface area contributed by atoms with Crippen molar-refractivity contribution in [2.75, 3.05) is 19.5 Å². The number of rotatable bonds is 4. The first kappa shape index (κ1) is 12.7. The van der Waals surface area contributed by atoms with E-state index in [9.17, 15) is 4.79 Å². The van der Waals surface area contributed by atoms with Crippen molar-refractivity contribution in [2.24, 2.45) is 5.92 Å². The fourth-order valence-electron chi connectivity index (χ4n) is 2.32. The van der Waals surface area contributed by atoms with Gasteiger partial charge in [-0.15, -0.1) is 0 Å². The average Bonchev–Trinajstić information content (AvgIpc) is 2.88. The Morgan fingerprint density at radius 2 is 2.11 bits per heavy atom. The number of carbonyl (C=O) groups excluding carboxylic acids is 1. The van der Waals surface area contributed by atoms with E-state index < -0.39 is 0 Å². The molecule has 0 spiro atoms. The number of hydrogen-bond donors (Lipinski definition) is 1. The zero-order valence-corrected chi connectivity index (χ0v) is 10.6. The number of carbonyl (C=O) groups is 1. The fourth-order valence-corrected chi connectivity index (χ4v) is 2.32. The van der Waals surface area contributed by atoms with Gasteiger partial charge in [0.15, 0.2) is 0 Å². The number of methoxy groups -OCH3 is 1. The molecule has 98 valence electrons. The van der Waals surface area contributed by atoms with Crippen molar-refractivity contribution >= 4 is 11.7 Å². The summed E-state index contributed by atoms with van der Waals surface area (Å²) in [7, 11) is 1.52. The summed E-state index contributed by atoms with van der Waals surface area (Å²) >= 11 is 0. The van der Waals surface area contributed by atoms with Gasteiger partial charge in [0.25, 0.3) is 0 Å². The Kier molecular flexibility index (Phi) is 4.07. The van der Waals surface area contributed by atoms with Crippen molar-refractivity contribution in [3.63, 3.8) is 0 Å². The van der Waals surface area contributed by atoms with Crippen LogP contribution in [-0.2, 0) is 4.74 Å². The monoisotopic (exact) mass is 249 g/mol. The quantitative estimate of drug-likeness (QED) is 0.658. The lowest BCUT2D eigenvalue weighted by Crippen LogP contribution is -2.13. The van der Waals surface area contributed by atoms with E-state index in [4.69, 9.17) is 15.2 Å². The third kappa shape index (κ3) is 2.94. The summed E-state index contributed by atoms with van der Waals surface area (Å²) in [6.45, 7) is 0.506. The van der Waals surface area contributed by atoms with Crippen LogP contribution in [0.25, 0.3) is 0 Å². The number of anilines is 1. The third-order valence-corrected chi connectivity index (χ3v) is 3.37. The molecule has 0 unspecified atom stereocenters. The van der Waals surface area contributed by atoms with Gasteiger partial charge in [0.2, 0.25) is 0 Å². The fraction of sp³-hybridized carbons (Fsp3) is 0.500. The summed E-state index contributed by atoms with van der Waals surface area (Å²) in [5.74, 6) is 0.652. The molecule has 0 atom stereocenters. The Hall–Kier alpha value is -1.71. The molecule has 4 heteroatoms. The molecular formula is C14H19NO3. The van der Waals surface area contributed by atoms with Crippen molar-refractivity contribution < 1.29 is 14.3 Å². The van der Waals surface area contributed by atoms with Gasteiger partial charge in [-0.2, -0.15) is 0 Å². The van der Waals surface area contributed by atoms with Crippen LogP contribution < -0.4 is 10.5 Å². The first-order valence-electron chi connectivity index (χ1n) is 6.31. The molecule has 1 aliphatic rings. The zero-order valence-electron chi connectivity index (χ0n) is 10.6. The topological polar surface area (TPSA) is 61.5 Å². The van der Waals surface area contributed by atoms with Gasteiger partial charge in [0.1, 0.15) is 11.3 Å². The molecule has 1 aromatic carbocycles. The molecule has 2 N–H and O–H groups in total. The van der Waals surface area contributed by atoms with Gasteiger partial charge in [-0.3, -0.25) is 0 Å². The van der Waals surface area contributed by atoms with Crippen LogP contribution in [0.5, 0.6) is 5.75 Å². The van der Waals surface area contributed by atoms with Gasteiger partial charge in [-0.1, -0.05) is 12.8 Å². The van der Waals surface area contributed by atoms with Gasteiger partial charge >= 0.3 is 5.97 Å². The first-order chi connectivity index (χ1) is 8.70. The number of hydrogen-bond acceptors (Lipinski definition) is 4. The van der Waals surface area contributed by atoms with Crippen LogP contribution in [0.15, 0.2) is 18.2 Å². The highest BCUT2D eigenvalue weighted by atomic mass is 16.5. The highest BCUT2D eigenvalue weighted by molar-refractivity contribution is 5.93. The Morgan fingerprint density at radius 3 is 2.78 bits per heavy atom.